The number of hydrogen-bond donors (Lipinski definition) is 8. The quantitative estimate of drug-likeness (QED) is 0.0429. The first-order valence-electron chi connectivity index (χ1n) is 26.5. The number of ether oxygens (including phenoxy) is 2. The van der Waals surface area contributed by atoms with Crippen molar-refractivity contribution in [1.82, 2.24) is 51.4 Å². The molecule has 426 valence electrons. The van der Waals surface area contributed by atoms with E-state index in [0.717, 1.165) is 77.8 Å². The second-order valence-corrected chi connectivity index (χ2v) is 22.3. The fraction of sp³-hybridized carbons (Fsp3) is 0.500. The maximum atomic E-state index is 14.1. The highest BCUT2D eigenvalue weighted by atomic mass is 16.6. The fourth-order valence-corrected chi connectivity index (χ4v) is 8.80. The average Bonchev–Trinajstić information content (AvgIpc) is 4.08. The van der Waals surface area contributed by atoms with Crippen molar-refractivity contribution in [2.24, 2.45) is 5.92 Å². The van der Waals surface area contributed by atoms with Crippen LogP contribution < -0.4 is 36.4 Å². The number of aliphatic carboxylic acids is 1. The molecule has 0 saturated carbocycles. The molecule has 5 aromatic rings. The Balaban J connectivity index is 1.09. The van der Waals surface area contributed by atoms with E-state index in [-0.39, 0.29) is 19.4 Å². The largest absolute Gasteiger partial charge is 0.481 e. The summed E-state index contributed by atoms with van der Waals surface area (Å²) in [6.45, 7) is 18.6. The summed E-state index contributed by atoms with van der Waals surface area (Å²) in [5, 5.41) is 22.0. The minimum Gasteiger partial charge on any atom is -0.481 e. The summed E-state index contributed by atoms with van der Waals surface area (Å²) in [6, 6.07) is 14.2. The van der Waals surface area contributed by atoms with Gasteiger partial charge in [-0.3, -0.25) is 38.4 Å². The number of nitrogens with zero attached hydrogens (tertiary/aromatic N) is 5. The summed E-state index contributed by atoms with van der Waals surface area (Å²) in [6.07, 6.45) is -2.08. The van der Waals surface area contributed by atoms with Gasteiger partial charge in [0.25, 0.3) is 0 Å². The van der Waals surface area contributed by atoms with Gasteiger partial charge in [0.2, 0.25) is 29.5 Å². The highest BCUT2D eigenvalue weighted by Gasteiger charge is 2.35. The number of aromatic amines is 2. The van der Waals surface area contributed by atoms with Crippen LogP contribution in [0.5, 0.6) is 0 Å². The number of carboxylic acids is 1. The van der Waals surface area contributed by atoms with Gasteiger partial charge in [-0.2, -0.15) is 0 Å². The SMILES string of the molecule is CC(=O)NC(CC(=O)O)C(=O)NC(CCC(=O)OC(C)(C)C)C(=O)NC(C(=O)NC(CC(=O)OC(C)(C)C)C(=O)NCCN(C)c1ccc(-c2nc3ccc(-c4nc5ccc(N6CCN(C)CC6)cc5[nH]4)cc3[nH]2)cc1)C(C)C. The summed E-state index contributed by atoms with van der Waals surface area (Å²) in [5.74, 6) is -6.31. The third kappa shape index (κ3) is 17.7. The number of carbonyl (C=O) groups excluding carboxylic acids is 7. The lowest BCUT2D eigenvalue weighted by molar-refractivity contribution is -0.157. The van der Waals surface area contributed by atoms with Gasteiger partial charge in [-0.25, -0.2) is 9.97 Å². The number of H-pyrrole nitrogens is 2. The molecule has 1 aliphatic heterocycles. The van der Waals surface area contributed by atoms with E-state index < -0.39 is 102 Å². The van der Waals surface area contributed by atoms with Gasteiger partial charge in [0, 0.05) is 82.2 Å². The van der Waals surface area contributed by atoms with Gasteiger partial charge in [-0.15, -0.1) is 0 Å². The highest BCUT2D eigenvalue weighted by molar-refractivity contribution is 5.97. The number of hydrogen-bond acceptors (Lipinski definition) is 15. The van der Waals surface area contributed by atoms with Crippen molar-refractivity contribution in [1.29, 1.82) is 0 Å². The van der Waals surface area contributed by atoms with Crippen LogP contribution in [0.25, 0.3) is 44.8 Å². The molecular weight excluding hydrogens is 1020 g/mol. The van der Waals surface area contributed by atoms with Crippen molar-refractivity contribution in [3.63, 3.8) is 0 Å². The molecule has 23 nitrogen and oxygen atoms in total. The molecule has 23 heteroatoms. The van der Waals surface area contributed by atoms with Crippen molar-refractivity contribution >= 4 is 80.9 Å². The van der Waals surface area contributed by atoms with E-state index in [1.165, 1.54) is 5.69 Å². The standard InChI is InChI=1S/C56H76N12O11/c1-32(2)48(65-52(75)40(20-21-46(72)78-55(4,5)6)63-53(76)43(30-45(70)71)58-33(3)69)54(77)64-44(31-47(73)79-56(7,8)9)51(74)57-22-23-67(11)36-15-12-34(13-16-36)49-59-38-18-14-35(28-41(38)61-49)50-60-39-19-17-37(29-42(39)62-50)68-26-24-66(10)25-27-68/h12-19,28-29,32,40,43-44,48H,20-27,30-31H2,1-11H3,(H,57,74)(H,58,69)(H,59,61)(H,60,62)(H,63,76)(H,64,77)(H,65,75)(H,70,71). The van der Waals surface area contributed by atoms with Gasteiger partial charge in [-0.05, 0) is 122 Å². The van der Waals surface area contributed by atoms with E-state index in [0.29, 0.717) is 12.4 Å². The van der Waals surface area contributed by atoms with Crippen LogP contribution in [-0.2, 0) is 47.8 Å². The number of fused-ring (bicyclic) bond motifs is 2. The number of carboxylic acid groups (broad SMARTS) is 1. The molecule has 4 atom stereocenters. The number of amides is 5. The first-order chi connectivity index (χ1) is 37.1. The second kappa shape index (κ2) is 26.0. The Morgan fingerprint density at radius 2 is 1.22 bits per heavy atom. The Hall–Kier alpha value is -8.08. The third-order valence-corrected chi connectivity index (χ3v) is 12.9. The number of esters is 2. The number of nitrogens with one attached hydrogen (secondary N) is 7. The molecule has 1 aliphatic rings. The van der Waals surface area contributed by atoms with Crippen LogP contribution in [0.2, 0.25) is 0 Å². The molecule has 6 rings (SSSR count). The van der Waals surface area contributed by atoms with E-state index in [2.05, 4.69) is 71.6 Å². The van der Waals surface area contributed by atoms with Crippen LogP contribution in [-0.4, -0.2) is 166 Å². The monoisotopic (exact) mass is 1090 g/mol. The summed E-state index contributed by atoms with van der Waals surface area (Å²) < 4.78 is 10.9. The number of anilines is 2. The van der Waals surface area contributed by atoms with E-state index in [9.17, 15) is 43.5 Å². The number of aromatic nitrogens is 4. The smallest absolute Gasteiger partial charge is 0.308 e. The van der Waals surface area contributed by atoms with E-state index in [1.807, 2.05) is 54.4 Å². The molecule has 0 aliphatic carbocycles. The van der Waals surface area contributed by atoms with Gasteiger partial charge >= 0.3 is 17.9 Å². The minimum atomic E-state index is -1.58. The molecule has 3 heterocycles. The van der Waals surface area contributed by atoms with Crippen LogP contribution in [0.4, 0.5) is 11.4 Å². The number of imidazole rings is 2. The predicted octanol–water partition coefficient (Wildman–Crippen LogP) is 4.02. The normalized spacial score (nSPS) is 14.7. The van der Waals surface area contributed by atoms with Crippen molar-refractivity contribution in [3.05, 3.63) is 60.7 Å². The molecule has 79 heavy (non-hydrogen) atoms. The number of piperazine rings is 1. The lowest BCUT2D eigenvalue weighted by Crippen LogP contribution is -2.60. The molecule has 4 unspecified atom stereocenters. The lowest BCUT2D eigenvalue weighted by atomic mass is 10.0. The van der Waals surface area contributed by atoms with Crippen molar-refractivity contribution in [2.45, 2.75) is 123 Å². The molecule has 8 N–H and O–H groups in total. The van der Waals surface area contributed by atoms with Crippen molar-refractivity contribution < 1.29 is 52.9 Å². The Labute approximate surface area is 459 Å². The number of rotatable bonds is 23. The molecular formula is C56H76N12O11. The predicted molar refractivity (Wildman–Crippen MR) is 299 cm³/mol. The Bertz CT molecular complexity index is 2990. The van der Waals surface area contributed by atoms with Gasteiger partial charge in [0.15, 0.2) is 0 Å². The minimum absolute atomic E-state index is 0.0943. The van der Waals surface area contributed by atoms with Crippen LogP contribution in [0.1, 0.15) is 88.0 Å². The number of likely N-dealkylation sites (N-methyl/N-ethyl adjacent to an activating group) is 2. The zero-order valence-corrected chi connectivity index (χ0v) is 47.0. The lowest BCUT2D eigenvalue weighted by Gasteiger charge is -2.34. The van der Waals surface area contributed by atoms with Crippen molar-refractivity contribution in [3.8, 4) is 22.8 Å². The molecule has 1 saturated heterocycles. The van der Waals surface area contributed by atoms with Gasteiger partial charge in [0.05, 0.1) is 34.9 Å². The first kappa shape index (κ1) is 60.2. The topological polar surface area (TPSA) is 302 Å². The van der Waals surface area contributed by atoms with Gasteiger partial charge in [0.1, 0.15) is 47.0 Å². The molecule has 0 radical (unpaired) electrons. The fourth-order valence-electron chi connectivity index (χ4n) is 8.80. The average molecular weight is 1090 g/mol. The van der Waals surface area contributed by atoms with Crippen LogP contribution in [0.15, 0.2) is 60.7 Å². The van der Waals surface area contributed by atoms with E-state index in [1.54, 1.807) is 55.4 Å². The Kier molecular flexibility index (Phi) is 19.8. The van der Waals surface area contributed by atoms with Gasteiger partial charge in [-0.1, -0.05) is 13.8 Å². The van der Waals surface area contributed by atoms with Crippen LogP contribution >= 0.6 is 0 Å². The summed E-state index contributed by atoms with van der Waals surface area (Å²) in [5.41, 5.74) is 5.51. The molecule has 2 aromatic heterocycles. The number of benzene rings is 3. The summed E-state index contributed by atoms with van der Waals surface area (Å²) in [7, 11) is 3.99. The maximum absolute atomic E-state index is 14.1. The maximum Gasteiger partial charge on any atom is 0.308 e. The second-order valence-electron chi connectivity index (χ2n) is 22.3. The number of carbonyl (C=O) groups is 8. The van der Waals surface area contributed by atoms with Crippen molar-refractivity contribution in [2.75, 3.05) is 63.2 Å². The van der Waals surface area contributed by atoms with Crippen LogP contribution in [0.3, 0.4) is 0 Å². The van der Waals surface area contributed by atoms with E-state index >= 15 is 0 Å². The Morgan fingerprint density at radius 3 is 1.81 bits per heavy atom. The highest BCUT2D eigenvalue weighted by Crippen LogP contribution is 2.29. The molecule has 3 aromatic carbocycles. The third-order valence-electron chi connectivity index (χ3n) is 12.9. The zero-order valence-electron chi connectivity index (χ0n) is 47.0. The molecule has 5 amide bonds. The molecule has 1 fully saturated rings. The van der Waals surface area contributed by atoms with E-state index in [4.69, 9.17) is 19.4 Å². The molecule has 0 bridgehead atoms. The van der Waals surface area contributed by atoms with Crippen LogP contribution in [0, 0.1) is 5.92 Å². The Morgan fingerprint density at radius 1 is 0.671 bits per heavy atom. The summed E-state index contributed by atoms with van der Waals surface area (Å²) in [4.78, 5) is 128. The molecule has 0 spiro atoms. The summed E-state index contributed by atoms with van der Waals surface area (Å²) >= 11 is 0. The van der Waals surface area contributed by atoms with Gasteiger partial charge < -0.3 is 65.8 Å². The zero-order chi connectivity index (χ0) is 57.9. The first-order valence-corrected chi connectivity index (χ1v) is 26.5.